The largest absolute Gasteiger partial charge is 0.480 e. The molecule has 5 nitrogen and oxygen atoms in total. The van der Waals surface area contributed by atoms with Gasteiger partial charge in [-0.3, -0.25) is 4.79 Å². The van der Waals surface area contributed by atoms with Crippen LogP contribution in [0.4, 0.5) is 5.82 Å². The first-order valence-electron chi connectivity index (χ1n) is 7.17. The van der Waals surface area contributed by atoms with Crippen LogP contribution in [-0.2, 0) is 17.6 Å². The van der Waals surface area contributed by atoms with E-state index in [1.54, 1.807) is 23.3 Å². The summed E-state index contributed by atoms with van der Waals surface area (Å²) in [6.45, 7) is 4.09. The lowest BCUT2D eigenvalue weighted by Crippen LogP contribution is -2.26. The molecule has 0 aliphatic heterocycles. The van der Waals surface area contributed by atoms with Gasteiger partial charge in [-0.2, -0.15) is 0 Å². The average Bonchev–Trinajstić information content (AvgIpc) is 2.73. The molecule has 1 aliphatic carbocycles. The van der Waals surface area contributed by atoms with Crippen molar-refractivity contribution in [1.82, 2.24) is 9.97 Å². The monoisotopic (exact) mass is 305 g/mol. The molecule has 1 atom stereocenters. The van der Waals surface area contributed by atoms with Crippen molar-refractivity contribution in [3.05, 3.63) is 16.3 Å². The van der Waals surface area contributed by atoms with Crippen LogP contribution in [0.25, 0.3) is 10.2 Å². The van der Waals surface area contributed by atoms with E-state index in [1.807, 2.05) is 6.92 Å². The topological polar surface area (TPSA) is 66.3 Å². The van der Waals surface area contributed by atoms with Gasteiger partial charge < -0.3 is 10.0 Å². The van der Waals surface area contributed by atoms with E-state index in [1.165, 1.54) is 16.9 Å². The van der Waals surface area contributed by atoms with Crippen LogP contribution in [0.5, 0.6) is 0 Å². The molecule has 2 aromatic rings. The van der Waals surface area contributed by atoms with Crippen LogP contribution in [0.2, 0.25) is 0 Å². The number of aromatic nitrogens is 2. The van der Waals surface area contributed by atoms with Gasteiger partial charge in [0.05, 0.1) is 5.39 Å². The Labute approximate surface area is 127 Å². The molecular formula is C15H19N3O2S. The summed E-state index contributed by atoms with van der Waals surface area (Å²) in [5.74, 6) is 1.31. The number of aryl methyl sites for hydroxylation is 2. The van der Waals surface area contributed by atoms with Crippen molar-refractivity contribution in [3.63, 3.8) is 0 Å². The highest BCUT2D eigenvalue weighted by molar-refractivity contribution is 7.19. The van der Waals surface area contributed by atoms with Crippen LogP contribution in [0.15, 0.2) is 0 Å². The van der Waals surface area contributed by atoms with Gasteiger partial charge in [0.25, 0.3) is 0 Å². The smallest absolute Gasteiger partial charge is 0.323 e. The van der Waals surface area contributed by atoms with Crippen LogP contribution >= 0.6 is 11.3 Å². The predicted molar refractivity (Wildman–Crippen MR) is 84.2 cm³/mol. The molecule has 3 rings (SSSR count). The third kappa shape index (κ3) is 2.60. The van der Waals surface area contributed by atoms with Gasteiger partial charge >= 0.3 is 5.97 Å². The Kier molecular flexibility index (Phi) is 3.57. The van der Waals surface area contributed by atoms with Gasteiger partial charge in [0, 0.05) is 11.9 Å². The Morgan fingerprint density at radius 1 is 1.48 bits per heavy atom. The molecule has 0 bridgehead atoms. The van der Waals surface area contributed by atoms with Gasteiger partial charge in [-0.25, -0.2) is 9.97 Å². The fraction of sp³-hybridized carbons (Fsp3) is 0.533. The first-order chi connectivity index (χ1) is 9.95. The number of hydrogen-bond acceptors (Lipinski definition) is 5. The Morgan fingerprint density at radius 2 is 2.24 bits per heavy atom. The number of carbonyl (C=O) groups is 1. The van der Waals surface area contributed by atoms with E-state index in [9.17, 15) is 4.79 Å². The van der Waals surface area contributed by atoms with Crippen molar-refractivity contribution in [3.8, 4) is 0 Å². The second-order valence-corrected chi connectivity index (χ2v) is 6.96. The minimum absolute atomic E-state index is 0.0490. The van der Waals surface area contributed by atoms with Gasteiger partial charge in [0.2, 0.25) is 0 Å². The maximum Gasteiger partial charge on any atom is 0.323 e. The molecule has 2 aromatic heterocycles. The fourth-order valence-corrected chi connectivity index (χ4v) is 4.40. The summed E-state index contributed by atoms with van der Waals surface area (Å²) >= 11 is 1.74. The van der Waals surface area contributed by atoms with Crippen LogP contribution in [0.1, 0.15) is 29.6 Å². The number of aliphatic carboxylic acids is 1. The number of carboxylic acid groups (broad SMARTS) is 1. The maximum atomic E-state index is 11.0. The molecule has 0 saturated carbocycles. The molecule has 2 heterocycles. The number of nitrogens with zero attached hydrogens (tertiary/aromatic N) is 3. The van der Waals surface area contributed by atoms with Crippen LogP contribution < -0.4 is 4.90 Å². The third-order valence-corrected chi connectivity index (χ3v) is 5.13. The first-order valence-corrected chi connectivity index (χ1v) is 7.99. The Balaban J connectivity index is 2.17. The van der Waals surface area contributed by atoms with E-state index >= 15 is 0 Å². The quantitative estimate of drug-likeness (QED) is 0.944. The van der Waals surface area contributed by atoms with Gasteiger partial charge in [0.1, 0.15) is 23.0 Å². The highest BCUT2D eigenvalue weighted by atomic mass is 32.1. The molecular weight excluding hydrogens is 286 g/mol. The zero-order valence-electron chi connectivity index (χ0n) is 12.5. The zero-order chi connectivity index (χ0) is 15.1. The first kappa shape index (κ1) is 14.3. The number of thiophene rings is 1. The molecule has 1 N–H and O–H groups in total. The average molecular weight is 305 g/mol. The zero-order valence-corrected chi connectivity index (χ0v) is 13.3. The summed E-state index contributed by atoms with van der Waals surface area (Å²) in [5, 5.41) is 10.1. The standard InChI is InChI=1S/C15H19N3O2S/c1-8-4-5-10-11(6-8)21-15-13(10)14(16-9(2)17-15)18(3)7-12(19)20/h8H,4-7H2,1-3H3,(H,19,20). The minimum Gasteiger partial charge on any atom is -0.480 e. The van der Waals surface area contributed by atoms with E-state index in [0.717, 1.165) is 28.9 Å². The number of fused-ring (bicyclic) bond motifs is 3. The molecule has 112 valence electrons. The van der Waals surface area contributed by atoms with E-state index in [0.29, 0.717) is 11.7 Å². The molecule has 1 aliphatic rings. The van der Waals surface area contributed by atoms with E-state index < -0.39 is 5.97 Å². The molecule has 0 saturated heterocycles. The molecule has 1 unspecified atom stereocenters. The number of rotatable bonds is 3. The Morgan fingerprint density at radius 3 is 2.95 bits per heavy atom. The van der Waals surface area contributed by atoms with Gasteiger partial charge in [-0.15, -0.1) is 11.3 Å². The fourth-order valence-electron chi connectivity index (χ4n) is 2.98. The molecule has 0 aromatic carbocycles. The van der Waals surface area contributed by atoms with Crippen molar-refractivity contribution in [2.75, 3.05) is 18.5 Å². The van der Waals surface area contributed by atoms with Crippen LogP contribution in [0, 0.1) is 12.8 Å². The highest BCUT2D eigenvalue weighted by Crippen LogP contribution is 2.40. The van der Waals surface area contributed by atoms with Gasteiger partial charge in [0.15, 0.2) is 0 Å². The summed E-state index contributed by atoms with van der Waals surface area (Å²) in [5.41, 5.74) is 1.33. The summed E-state index contributed by atoms with van der Waals surface area (Å²) in [6, 6.07) is 0. The minimum atomic E-state index is -0.848. The second kappa shape index (κ2) is 5.26. The summed E-state index contributed by atoms with van der Waals surface area (Å²) in [6.07, 6.45) is 3.31. The van der Waals surface area contributed by atoms with Crippen molar-refractivity contribution in [2.45, 2.75) is 33.1 Å². The molecule has 0 amide bonds. The molecule has 21 heavy (non-hydrogen) atoms. The lowest BCUT2D eigenvalue weighted by Gasteiger charge is -2.20. The Bertz CT molecular complexity index is 710. The maximum absolute atomic E-state index is 11.0. The number of likely N-dealkylation sites (N-methyl/N-ethyl adjacent to an activating group) is 1. The molecule has 6 heteroatoms. The van der Waals surface area contributed by atoms with Crippen molar-refractivity contribution in [2.24, 2.45) is 5.92 Å². The van der Waals surface area contributed by atoms with Crippen molar-refractivity contribution in [1.29, 1.82) is 0 Å². The number of anilines is 1. The van der Waals surface area contributed by atoms with E-state index in [2.05, 4.69) is 16.9 Å². The molecule has 0 radical (unpaired) electrons. The van der Waals surface area contributed by atoms with Crippen molar-refractivity contribution < 1.29 is 9.90 Å². The number of hydrogen-bond donors (Lipinski definition) is 1. The summed E-state index contributed by atoms with van der Waals surface area (Å²) in [4.78, 5) is 24.2. The van der Waals surface area contributed by atoms with Gasteiger partial charge in [-0.05, 0) is 37.7 Å². The lowest BCUT2D eigenvalue weighted by molar-refractivity contribution is -0.135. The second-order valence-electron chi connectivity index (χ2n) is 5.88. The van der Waals surface area contributed by atoms with Gasteiger partial charge in [-0.1, -0.05) is 6.92 Å². The molecule has 0 spiro atoms. The number of carboxylic acids is 1. The Hall–Kier alpha value is -1.69. The summed E-state index contributed by atoms with van der Waals surface area (Å²) < 4.78 is 0. The third-order valence-electron chi connectivity index (χ3n) is 3.98. The summed E-state index contributed by atoms with van der Waals surface area (Å²) in [7, 11) is 1.78. The normalized spacial score (nSPS) is 17.8. The molecule has 0 fully saturated rings. The van der Waals surface area contributed by atoms with Crippen LogP contribution in [0.3, 0.4) is 0 Å². The van der Waals surface area contributed by atoms with Crippen LogP contribution in [-0.4, -0.2) is 34.6 Å². The predicted octanol–water partition coefficient (Wildman–Crippen LogP) is 2.65. The van der Waals surface area contributed by atoms with Crippen molar-refractivity contribution >= 4 is 33.3 Å². The van der Waals surface area contributed by atoms with E-state index in [-0.39, 0.29) is 6.54 Å². The lowest BCUT2D eigenvalue weighted by atomic mass is 9.89. The highest BCUT2D eigenvalue weighted by Gasteiger charge is 2.25. The van der Waals surface area contributed by atoms with E-state index in [4.69, 9.17) is 5.11 Å². The SMILES string of the molecule is Cc1nc(N(C)CC(=O)O)c2c3c(sc2n1)CC(C)CC3.